The monoisotopic (exact) mass is 442 g/mol. The third-order valence-electron chi connectivity index (χ3n) is 6.57. The van der Waals surface area contributed by atoms with Gasteiger partial charge in [-0.1, -0.05) is 24.3 Å². The number of phenols is 1. The van der Waals surface area contributed by atoms with Crippen LogP contribution in [0.3, 0.4) is 0 Å². The molecule has 0 bridgehead atoms. The van der Waals surface area contributed by atoms with E-state index in [-0.39, 0.29) is 0 Å². The molecule has 0 saturated carbocycles. The maximum absolute atomic E-state index is 11.3. The van der Waals surface area contributed by atoms with E-state index in [9.17, 15) is 5.11 Å². The second-order valence-electron chi connectivity index (χ2n) is 8.31. The number of rotatable bonds is 8. The molecule has 2 N–H and O–H groups in total. The fourth-order valence-corrected chi connectivity index (χ4v) is 4.69. The number of anilines is 4. The smallest absolute Gasteiger partial charge is 0.162 e. The number of hydrogen-bond donors (Lipinski definition) is 2. The lowest BCUT2D eigenvalue weighted by Crippen LogP contribution is -2.26. The fraction of sp³-hybridized carbons (Fsp3) is 0.321. The Hall–Kier alpha value is -3.47. The van der Waals surface area contributed by atoms with Crippen LogP contribution in [-0.2, 0) is 0 Å². The maximum Gasteiger partial charge on any atom is 0.162 e. The van der Waals surface area contributed by atoms with Gasteiger partial charge < -0.3 is 20.2 Å². The van der Waals surface area contributed by atoms with Crippen LogP contribution in [0.15, 0.2) is 54.7 Å². The van der Waals surface area contributed by atoms with Gasteiger partial charge in [-0.15, -0.1) is 0 Å². The van der Waals surface area contributed by atoms with Crippen LogP contribution in [0.2, 0.25) is 0 Å². The minimum atomic E-state index is 0.357. The first kappa shape index (κ1) is 22.7. The molecule has 4 rings (SSSR count). The van der Waals surface area contributed by atoms with Gasteiger partial charge in [-0.3, -0.25) is 4.98 Å². The molecule has 0 fully saturated rings. The highest BCUT2D eigenvalue weighted by Gasteiger charge is 2.21. The molecule has 0 amide bonds. The van der Waals surface area contributed by atoms with Gasteiger partial charge in [0.25, 0.3) is 0 Å². The van der Waals surface area contributed by atoms with Crippen molar-refractivity contribution in [2.24, 2.45) is 0 Å². The highest BCUT2D eigenvalue weighted by molar-refractivity contribution is 6.03. The van der Waals surface area contributed by atoms with E-state index in [1.807, 2.05) is 12.3 Å². The zero-order chi connectivity index (χ0) is 23.5. The molecule has 0 unspecified atom stereocenters. The minimum Gasteiger partial charge on any atom is -0.504 e. The van der Waals surface area contributed by atoms with E-state index < -0.39 is 0 Å². The van der Waals surface area contributed by atoms with E-state index in [2.05, 4.69) is 97.2 Å². The zero-order valence-electron chi connectivity index (χ0n) is 20.3. The summed E-state index contributed by atoms with van der Waals surface area (Å²) < 4.78 is 0. The van der Waals surface area contributed by atoms with Crippen LogP contribution in [-0.4, -0.2) is 36.3 Å². The van der Waals surface area contributed by atoms with Crippen LogP contribution in [0.25, 0.3) is 21.7 Å². The summed E-state index contributed by atoms with van der Waals surface area (Å²) in [6.07, 6.45) is 1.85. The molecule has 172 valence electrons. The molecule has 3 aromatic carbocycles. The molecular formula is C28H34N4O. The number of fused-ring (bicyclic) bond motifs is 2. The summed E-state index contributed by atoms with van der Waals surface area (Å²) in [6.45, 7) is 13.9. The fourth-order valence-electron chi connectivity index (χ4n) is 4.69. The Bertz CT molecular complexity index is 1280. The molecule has 0 spiro atoms. The summed E-state index contributed by atoms with van der Waals surface area (Å²) in [6, 6.07) is 16.8. The number of aromatic nitrogens is 1. The van der Waals surface area contributed by atoms with Gasteiger partial charge in [0.15, 0.2) is 5.75 Å². The Morgan fingerprint density at radius 3 is 2.09 bits per heavy atom. The summed E-state index contributed by atoms with van der Waals surface area (Å²) in [4.78, 5) is 9.04. The van der Waals surface area contributed by atoms with Gasteiger partial charge in [-0.2, -0.15) is 0 Å². The average molecular weight is 443 g/mol. The molecule has 5 heteroatoms. The van der Waals surface area contributed by atoms with E-state index >= 15 is 0 Å². The first-order valence-electron chi connectivity index (χ1n) is 11.9. The van der Waals surface area contributed by atoms with Gasteiger partial charge in [0, 0.05) is 49.1 Å². The van der Waals surface area contributed by atoms with Crippen LogP contribution < -0.4 is 15.1 Å². The van der Waals surface area contributed by atoms with Crippen molar-refractivity contribution in [2.75, 3.05) is 41.3 Å². The third kappa shape index (κ3) is 4.15. The zero-order valence-corrected chi connectivity index (χ0v) is 20.3. The molecule has 5 nitrogen and oxygen atoms in total. The largest absolute Gasteiger partial charge is 0.504 e. The van der Waals surface area contributed by atoms with Crippen molar-refractivity contribution >= 4 is 44.4 Å². The number of nitrogens with one attached hydrogen (secondary N) is 1. The number of aromatic hydroxyl groups is 1. The van der Waals surface area contributed by atoms with Crippen LogP contribution in [0.5, 0.6) is 5.75 Å². The van der Waals surface area contributed by atoms with Gasteiger partial charge >= 0.3 is 0 Å². The topological polar surface area (TPSA) is 51.6 Å². The number of pyridine rings is 1. The van der Waals surface area contributed by atoms with Crippen LogP contribution in [0, 0.1) is 6.92 Å². The normalized spacial score (nSPS) is 11.2. The van der Waals surface area contributed by atoms with Crippen molar-refractivity contribution in [2.45, 2.75) is 34.6 Å². The SMILES string of the molecule is CCN(CC)c1cc(Nc2ccnc3cc4ccccc4cc23)c(C)c(N(CC)CC)c1O. The summed E-state index contributed by atoms with van der Waals surface area (Å²) in [7, 11) is 0. The number of phenolic OH excluding ortho intramolecular Hbond substituents is 1. The van der Waals surface area contributed by atoms with Crippen LogP contribution >= 0.6 is 0 Å². The standard InChI is InChI=1S/C28H34N4O/c1-6-31(7-2)26-18-24(19(5)27(28(26)33)32(8-3)9-4)30-23-14-15-29-25-17-21-13-11-10-12-20(21)16-22(23)25/h10-18,33H,6-9H2,1-5H3,(H,29,30). The lowest BCUT2D eigenvalue weighted by Gasteiger charge is -2.31. The van der Waals surface area contributed by atoms with Crippen molar-refractivity contribution in [1.29, 1.82) is 0 Å². The van der Waals surface area contributed by atoms with Crippen molar-refractivity contribution in [1.82, 2.24) is 4.98 Å². The second kappa shape index (κ2) is 9.57. The first-order chi connectivity index (χ1) is 16.0. The summed E-state index contributed by atoms with van der Waals surface area (Å²) in [5.74, 6) is 0.357. The first-order valence-corrected chi connectivity index (χ1v) is 11.9. The number of nitrogens with zero attached hydrogens (tertiary/aromatic N) is 3. The van der Waals surface area contributed by atoms with Crippen molar-refractivity contribution in [3.05, 3.63) is 60.3 Å². The Balaban J connectivity index is 1.90. The molecule has 0 atom stereocenters. The molecular weight excluding hydrogens is 408 g/mol. The highest BCUT2D eigenvalue weighted by atomic mass is 16.3. The molecule has 1 heterocycles. The lowest BCUT2D eigenvalue weighted by molar-refractivity contribution is 0.473. The number of hydrogen-bond acceptors (Lipinski definition) is 5. The second-order valence-corrected chi connectivity index (χ2v) is 8.31. The van der Waals surface area contributed by atoms with Gasteiger partial charge in [-0.25, -0.2) is 0 Å². The quantitative estimate of drug-likeness (QED) is 0.231. The molecule has 0 aliphatic rings. The van der Waals surface area contributed by atoms with E-state index in [0.717, 1.165) is 65.4 Å². The van der Waals surface area contributed by atoms with Gasteiger partial charge in [-0.05, 0) is 75.2 Å². The van der Waals surface area contributed by atoms with E-state index in [4.69, 9.17) is 0 Å². The molecule has 0 saturated heterocycles. The predicted molar refractivity (Wildman–Crippen MR) is 142 cm³/mol. The average Bonchev–Trinajstić information content (AvgIpc) is 2.84. The summed E-state index contributed by atoms with van der Waals surface area (Å²) in [5, 5.41) is 18.4. The minimum absolute atomic E-state index is 0.357. The molecule has 0 aliphatic heterocycles. The highest BCUT2D eigenvalue weighted by Crippen LogP contribution is 2.45. The van der Waals surface area contributed by atoms with Gasteiger partial charge in [0.2, 0.25) is 0 Å². The van der Waals surface area contributed by atoms with Crippen molar-refractivity contribution in [3.8, 4) is 5.75 Å². The Labute approximate surface area is 196 Å². The predicted octanol–water partition coefficient (Wildman–Crippen LogP) is 6.84. The Morgan fingerprint density at radius 1 is 0.818 bits per heavy atom. The van der Waals surface area contributed by atoms with Gasteiger partial charge in [0.1, 0.15) is 0 Å². The van der Waals surface area contributed by atoms with Crippen molar-refractivity contribution < 1.29 is 5.11 Å². The van der Waals surface area contributed by atoms with Crippen molar-refractivity contribution in [3.63, 3.8) is 0 Å². The molecule has 0 aliphatic carbocycles. The summed E-state index contributed by atoms with van der Waals surface area (Å²) in [5.41, 5.74) is 5.77. The van der Waals surface area contributed by atoms with E-state index in [0.29, 0.717) is 5.75 Å². The van der Waals surface area contributed by atoms with Crippen LogP contribution in [0.4, 0.5) is 22.7 Å². The van der Waals surface area contributed by atoms with Crippen LogP contribution in [0.1, 0.15) is 33.3 Å². The Morgan fingerprint density at radius 2 is 1.45 bits per heavy atom. The summed E-state index contributed by atoms with van der Waals surface area (Å²) >= 11 is 0. The molecule has 0 radical (unpaired) electrons. The third-order valence-corrected chi connectivity index (χ3v) is 6.57. The molecule has 33 heavy (non-hydrogen) atoms. The van der Waals surface area contributed by atoms with E-state index in [1.165, 1.54) is 10.8 Å². The number of benzene rings is 3. The van der Waals surface area contributed by atoms with E-state index in [1.54, 1.807) is 0 Å². The molecule has 4 aromatic rings. The lowest BCUT2D eigenvalue weighted by atomic mass is 10.0. The maximum atomic E-state index is 11.3. The Kier molecular flexibility index (Phi) is 6.59. The molecule has 1 aromatic heterocycles. The van der Waals surface area contributed by atoms with Gasteiger partial charge in [0.05, 0.1) is 16.9 Å².